The van der Waals surface area contributed by atoms with Gasteiger partial charge in [0.15, 0.2) is 5.76 Å². The summed E-state index contributed by atoms with van der Waals surface area (Å²) in [6.07, 6.45) is -0.112. The number of halogens is 3. The van der Waals surface area contributed by atoms with Crippen molar-refractivity contribution in [3.8, 4) is 11.3 Å². The number of H-pyrrole nitrogens is 1. The van der Waals surface area contributed by atoms with E-state index in [1.165, 1.54) is 0 Å². The molecule has 1 aromatic carbocycles. The third-order valence-electron chi connectivity index (χ3n) is 5.85. The molecule has 0 unspecified atom stereocenters. The first-order chi connectivity index (χ1) is 17.6. The van der Waals surface area contributed by atoms with Crippen molar-refractivity contribution in [2.24, 2.45) is 0 Å². The number of alkyl halides is 3. The zero-order valence-electron chi connectivity index (χ0n) is 19.5. The van der Waals surface area contributed by atoms with E-state index in [0.717, 1.165) is 45.9 Å². The van der Waals surface area contributed by atoms with Crippen molar-refractivity contribution in [2.75, 3.05) is 24.6 Å². The average Bonchev–Trinajstić information content (AvgIpc) is 3.33. The Hall–Kier alpha value is -4.38. The zero-order valence-corrected chi connectivity index (χ0v) is 19.5. The van der Waals surface area contributed by atoms with Crippen molar-refractivity contribution in [1.82, 2.24) is 15.3 Å². The van der Waals surface area contributed by atoms with E-state index in [9.17, 15) is 27.9 Å². The van der Waals surface area contributed by atoms with Crippen LogP contribution in [-0.4, -0.2) is 57.9 Å². The van der Waals surface area contributed by atoms with Gasteiger partial charge in [0.2, 0.25) is 0 Å². The molecule has 4 N–H and O–H groups in total. The lowest BCUT2D eigenvalue weighted by molar-refractivity contribution is -0.121. The molecule has 0 fully saturated rings. The second-order valence-corrected chi connectivity index (χ2v) is 8.32. The van der Waals surface area contributed by atoms with E-state index in [-0.39, 0.29) is 11.8 Å². The second kappa shape index (κ2) is 10.3. The molecule has 0 radical (unpaired) electrons. The SMILES string of the molecule is C=C(O)C(F)(F)F.O=C1NCCc2[nH]c(-c3ccnc(C4=Cc5ccccc5N(C(=O)CO)C4)c3)cc21. The fourth-order valence-corrected chi connectivity index (χ4v) is 4.03. The lowest BCUT2D eigenvalue weighted by atomic mass is 9.98. The first kappa shape index (κ1) is 25.7. The van der Waals surface area contributed by atoms with Gasteiger partial charge in [0, 0.05) is 36.1 Å². The molecule has 5 rings (SSSR count). The molecule has 0 aliphatic carbocycles. The molecule has 0 saturated carbocycles. The third-order valence-corrected chi connectivity index (χ3v) is 5.85. The normalized spacial score (nSPS) is 14.4. The Morgan fingerprint density at radius 3 is 2.59 bits per heavy atom. The van der Waals surface area contributed by atoms with Crippen LogP contribution in [-0.2, 0) is 11.2 Å². The summed E-state index contributed by atoms with van der Waals surface area (Å²) in [5.41, 5.74) is 6.71. The fraction of sp³-hybridized carbons (Fsp3) is 0.192. The molecule has 37 heavy (non-hydrogen) atoms. The van der Waals surface area contributed by atoms with Crippen molar-refractivity contribution in [3.05, 3.63) is 83.5 Å². The van der Waals surface area contributed by atoms with Crippen molar-refractivity contribution in [3.63, 3.8) is 0 Å². The summed E-state index contributed by atoms with van der Waals surface area (Å²) in [6, 6.07) is 13.3. The number of aromatic amines is 1. The number of rotatable bonds is 3. The number of hydrogen-bond donors (Lipinski definition) is 4. The maximum absolute atomic E-state index is 12.3. The Morgan fingerprint density at radius 1 is 1.19 bits per heavy atom. The summed E-state index contributed by atoms with van der Waals surface area (Å²) in [6.45, 7) is 2.67. The summed E-state index contributed by atoms with van der Waals surface area (Å²) < 4.78 is 32.5. The maximum atomic E-state index is 12.3. The topological polar surface area (TPSA) is 119 Å². The number of pyridine rings is 1. The van der Waals surface area contributed by atoms with E-state index in [4.69, 9.17) is 5.11 Å². The van der Waals surface area contributed by atoms with E-state index in [2.05, 4.69) is 21.9 Å². The van der Waals surface area contributed by atoms with Crippen molar-refractivity contribution >= 4 is 29.2 Å². The van der Waals surface area contributed by atoms with Crippen LogP contribution in [0.25, 0.3) is 22.9 Å². The summed E-state index contributed by atoms with van der Waals surface area (Å²) in [7, 11) is 0. The molecule has 3 aromatic rings. The summed E-state index contributed by atoms with van der Waals surface area (Å²) in [4.78, 5) is 33.9. The highest BCUT2D eigenvalue weighted by Crippen LogP contribution is 2.33. The molecule has 0 bridgehead atoms. The number of benzene rings is 1. The number of hydrogen-bond acceptors (Lipinski definition) is 5. The predicted molar refractivity (Wildman–Crippen MR) is 132 cm³/mol. The molecule has 11 heteroatoms. The Morgan fingerprint density at radius 2 is 1.92 bits per heavy atom. The van der Waals surface area contributed by atoms with Crippen LogP contribution >= 0.6 is 0 Å². The molecular formula is C26H23F3N4O4. The van der Waals surface area contributed by atoms with Gasteiger partial charge < -0.3 is 25.4 Å². The Bertz CT molecular complexity index is 1390. The lowest BCUT2D eigenvalue weighted by Gasteiger charge is -2.29. The number of para-hydroxylation sites is 1. The number of nitrogens with zero attached hydrogens (tertiary/aromatic N) is 2. The first-order valence-corrected chi connectivity index (χ1v) is 11.2. The van der Waals surface area contributed by atoms with E-state index in [1.807, 2.05) is 48.5 Å². The number of amides is 2. The smallest absolute Gasteiger partial charge is 0.448 e. The van der Waals surface area contributed by atoms with Crippen LogP contribution in [0.2, 0.25) is 0 Å². The average molecular weight is 512 g/mol. The predicted octanol–water partition coefficient (Wildman–Crippen LogP) is 3.86. The van der Waals surface area contributed by atoms with Gasteiger partial charge >= 0.3 is 6.18 Å². The number of anilines is 1. The van der Waals surface area contributed by atoms with Gasteiger partial charge in [0.1, 0.15) is 6.61 Å². The highest BCUT2D eigenvalue weighted by atomic mass is 19.4. The first-order valence-electron chi connectivity index (χ1n) is 11.2. The molecule has 2 aliphatic heterocycles. The van der Waals surface area contributed by atoms with Crippen LogP contribution in [0.4, 0.5) is 18.9 Å². The minimum Gasteiger partial charge on any atom is -0.505 e. The largest absolute Gasteiger partial charge is 0.505 e. The van der Waals surface area contributed by atoms with E-state index >= 15 is 0 Å². The van der Waals surface area contributed by atoms with Crippen molar-refractivity contribution in [1.29, 1.82) is 0 Å². The molecule has 8 nitrogen and oxygen atoms in total. The monoisotopic (exact) mass is 512 g/mol. The number of aliphatic hydroxyl groups is 2. The molecule has 2 aliphatic rings. The summed E-state index contributed by atoms with van der Waals surface area (Å²) >= 11 is 0. The van der Waals surface area contributed by atoms with Gasteiger partial charge in [-0.2, -0.15) is 13.2 Å². The summed E-state index contributed by atoms with van der Waals surface area (Å²) in [5, 5.41) is 19.8. The number of carbonyl (C=O) groups is 2. The highest BCUT2D eigenvalue weighted by Gasteiger charge is 2.31. The van der Waals surface area contributed by atoms with Gasteiger partial charge in [0.25, 0.3) is 11.8 Å². The number of aromatic nitrogens is 2. The second-order valence-electron chi connectivity index (χ2n) is 8.32. The van der Waals surface area contributed by atoms with Crippen LogP contribution in [0.3, 0.4) is 0 Å². The number of aliphatic hydroxyl groups excluding tert-OH is 2. The molecule has 0 saturated heterocycles. The number of nitrogens with one attached hydrogen (secondary N) is 2. The molecule has 192 valence electrons. The highest BCUT2D eigenvalue weighted by molar-refractivity contribution is 6.03. The maximum Gasteiger partial charge on any atom is 0.448 e. The summed E-state index contributed by atoms with van der Waals surface area (Å²) in [5.74, 6) is -2.17. The molecule has 4 heterocycles. The van der Waals surface area contributed by atoms with E-state index in [0.29, 0.717) is 18.7 Å². The van der Waals surface area contributed by atoms with Crippen LogP contribution in [0, 0.1) is 0 Å². The third kappa shape index (κ3) is 5.56. The molecule has 2 amide bonds. The van der Waals surface area contributed by atoms with Gasteiger partial charge in [-0.1, -0.05) is 24.8 Å². The van der Waals surface area contributed by atoms with Gasteiger partial charge in [-0.3, -0.25) is 14.6 Å². The van der Waals surface area contributed by atoms with Crippen molar-refractivity contribution in [2.45, 2.75) is 12.6 Å². The lowest BCUT2D eigenvalue weighted by Crippen LogP contribution is -2.36. The fourth-order valence-electron chi connectivity index (χ4n) is 4.03. The molecule has 0 atom stereocenters. The Labute approximate surface area is 209 Å². The van der Waals surface area contributed by atoms with Gasteiger partial charge in [-0.25, -0.2) is 0 Å². The number of fused-ring (bicyclic) bond motifs is 2. The van der Waals surface area contributed by atoms with E-state index < -0.39 is 18.5 Å². The number of carbonyl (C=O) groups excluding carboxylic acids is 2. The quantitative estimate of drug-likeness (QED) is 0.398. The van der Waals surface area contributed by atoms with Gasteiger partial charge in [-0.15, -0.1) is 0 Å². The van der Waals surface area contributed by atoms with Crippen LogP contribution < -0.4 is 10.2 Å². The van der Waals surface area contributed by atoms with Crippen LogP contribution in [0.5, 0.6) is 0 Å². The Balaban J connectivity index is 0.000000405. The minimum absolute atomic E-state index is 0.0576. The molecule has 2 aromatic heterocycles. The van der Waals surface area contributed by atoms with E-state index in [1.54, 1.807) is 11.1 Å². The zero-order chi connectivity index (χ0) is 26.7. The van der Waals surface area contributed by atoms with Gasteiger partial charge in [0.05, 0.1) is 23.5 Å². The Kier molecular flexibility index (Phi) is 7.16. The number of allylic oxidation sites excluding steroid dienone is 1. The van der Waals surface area contributed by atoms with Crippen LogP contribution in [0.1, 0.15) is 27.3 Å². The molecular weight excluding hydrogens is 489 g/mol. The van der Waals surface area contributed by atoms with Gasteiger partial charge in [-0.05, 0) is 41.5 Å². The standard InChI is InChI=1S/C23H20N4O3.C3H3F3O/c28-13-22(29)27-12-16(9-15-3-1-2-4-21(15)27)19-10-14(5-7-24-19)20-11-17-18(26-20)6-8-25-23(17)30;1-2(7)3(4,5)6/h1-5,7,9-11,26,28H,6,8,12-13H2,(H,25,30);7H,1H2. The molecule has 0 spiro atoms. The van der Waals surface area contributed by atoms with Crippen molar-refractivity contribution < 1.29 is 33.0 Å². The van der Waals surface area contributed by atoms with Crippen LogP contribution in [0.15, 0.2) is 61.0 Å². The minimum atomic E-state index is -4.64.